The van der Waals surface area contributed by atoms with Gasteiger partial charge in [-0.25, -0.2) is 4.79 Å². The first-order chi connectivity index (χ1) is 17.4. The summed E-state index contributed by atoms with van der Waals surface area (Å²) in [5.74, 6) is 0.188. The zero-order valence-corrected chi connectivity index (χ0v) is 20.6. The molecule has 0 fully saturated rings. The van der Waals surface area contributed by atoms with Crippen molar-refractivity contribution in [1.82, 2.24) is 24.8 Å². The number of hydrogen-bond acceptors (Lipinski definition) is 7. The van der Waals surface area contributed by atoms with E-state index < -0.39 is 12.6 Å². The minimum Gasteiger partial charge on any atom is -0.494 e. The van der Waals surface area contributed by atoms with Crippen molar-refractivity contribution in [2.24, 2.45) is 0 Å². The second kappa shape index (κ2) is 10.8. The van der Waals surface area contributed by atoms with Gasteiger partial charge in [-0.15, -0.1) is 5.10 Å². The van der Waals surface area contributed by atoms with Gasteiger partial charge in [0.05, 0.1) is 6.61 Å². The number of tetrazole rings is 1. The summed E-state index contributed by atoms with van der Waals surface area (Å²) in [4.78, 5) is 26.1. The van der Waals surface area contributed by atoms with Crippen molar-refractivity contribution in [3.05, 3.63) is 89.0 Å². The van der Waals surface area contributed by atoms with Gasteiger partial charge in [0, 0.05) is 22.6 Å². The van der Waals surface area contributed by atoms with Crippen LogP contribution in [0, 0.1) is 20.8 Å². The van der Waals surface area contributed by atoms with Crippen LogP contribution in [0.4, 0.5) is 0 Å². The third-order valence-corrected chi connectivity index (χ3v) is 5.64. The molecule has 0 aliphatic carbocycles. The maximum Gasteiger partial charge on any atom is 0.357 e. The molecule has 0 aliphatic heterocycles. The highest BCUT2D eigenvalue weighted by molar-refractivity contribution is 6.16. The largest absolute Gasteiger partial charge is 0.494 e. The average Bonchev–Trinajstić information content (AvgIpc) is 3.44. The van der Waals surface area contributed by atoms with Gasteiger partial charge < -0.3 is 14.0 Å². The van der Waals surface area contributed by atoms with Crippen LogP contribution in [0.15, 0.2) is 60.7 Å². The van der Waals surface area contributed by atoms with E-state index in [0.29, 0.717) is 18.0 Å². The van der Waals surface area contributed by atoms with E-state index in [0.717, 1.165) is 28.4 Å². The lowest BCUT2D eigenvalue weighted by Crippen LogP contribution is -2.19. The molecular formula is C27H27N5O4. The number of hydrogen-bond donors (Lipinski definition) is 0. The summed E-state index contributed by atoms with van der Waals surface area (Å²) in [6, 6.07) is 18.7. The van der Waals surface area contributed by atoms with E-state index in [1.165, 1.54) is 4.68 Å². The van der Waals surface area contributed by atoms with Gasteiger partial charge in [0.25, 0.3) is 0 Å². The van der Waals surface area contributed by atoms with Gasteiger partial charge >= 0.3 is 5.97 Å². The second-order valence-electron chi connectivity index (χ2n) is 8.12. The molecule has 0 radical (unpaired) electrons. The molecule has 36 heavy (non-hydrogen) atoms. The van der Waals surface area contributed by atoms with E-state index in [1.807, 2.05) is 79.9 Å². The Bertz CT molecular complexity index is 1400. The molecule has 9 heteroatoms. The number of Topliss-reactive ketones (excluding diaryl/α,β-unsaturated/α-hetero) is 1. The highest BCUT2D eigenvalue weighted by atomic mass is 16.5. The van der Waals surface area contributed by atoms with Crippen LogP contribution in [-0.4, -0.2) is 49.7 Å². The van der Waals surface area contributed by atoms with Gasteiger partial charge in [-0.1, -0.05) is 30.3 Å². The molecule has 2 aromatic carbocycles. The average molecular weight is 486 g/mol. The first kappa shape index (κ1) is 24.6. The molecule has 2 heterocycles. The smallest absolute Gasteiger partial charge is 0.357 e. The van der Waals surface area contributed by atoms with Gasteiger partial charge in [-0.3, -0.25) is 4.79 Å². The summed E-state index contributed by atoms with van der Waals surface area (Å²) in [5.41, 5.74) is 3.92. The van der Waals surface area contributed by atoms with Crippen molar-refractivity contribution < 1.29 is 19.1 Å². The van der Waals surface area contributed by atoms with Crippen LogP contribution in [0.2, 0.25) is 0 Å². The van der Waals surface area contributed by atoms with Crippen LogP contribution in [-0.2, 0) is 9.53 Å². The molecule has 0 saturated heterocycles. The number of aryl methyl sites for hydroxylation is 2. The third-order valence-electron chi connectivity index (χ3n) is 5.64. The van der Waals surface area contributed by atoms with Crippen LogP contribution in [0.25, 0.3) is 17.5 Å². The molecule has 2 aromatic heterocycles. The monoisotopic (exact) mass is 485 g/mol. The lowest BCUT2D eigenvalue weighted by molar-refractivity contribution is -0.136. The minimum atomic E-state index is -0.706. The Labute approximate surface area is 209 Å². The number of rotatable bonds is 9. The van der Waals surface area contributed by atoms with Crippen LogP contribution < -0.4 is 4.74 Å². The predicted molar refractivity (Wildman–Crippen MR) is 135 cm³/mol. The van der Waals surface area contributed by atoms with E-state index in [9.17, 15) is 9.59 Å². The van der Waals surface area contributed by atoms with E-state index >= 15 is 0 Å². The Morgan fingerprint density at radius 1 is 1.00 bits per heavy atom. The normalized spacial score (nSPS) is 11.4. The molecule has 0 N–H and O–H groups in total. The molecule has 9 nitrogen and oxygen atoms in total. The second-order valence-corrected chi connectivity index (χ2v) is 8.12. The van der Waals surface area contributed by atoms with Gasteiger partial charge in [0.2, 0.25) is 5.78 Å². The van der Waals surface area contributed by atoms with E-state index in [1.54, 1.807) is 19.1 Å². The summed E-state index contributed by atoms with van der Waals surface area (Å²) in [5, 5.41) is 11.4. The van der Waals surface area contributed by atoms with Crippen molar-refractivity contribution in [3.63, 3.8) is 0 Å². The number of carbonyl (C=O) groups is 2. The first-order valence-electron chi connectivity index (χ1n) is 11.5. The summed E-state index contributed by atoms with van der Waals surface area (Å²) in [6.07, 6.45) is 1.62. The van der Waals surface area contributed by atoms with Crippen LogP contribution in [0.3, 0.4) is 0 Å². The van der Waals surface area contributed by atoms with E-state index in [4.69, 9.17) is 9.47 Å². The molecule has 4 rings (SSSR count). The fourth-order valence-corrected chi connectivity index (χ4v) is 3.95. The van der Waals surface area contributed by atoms with Gasteiger partial charge in [0.1, 0.15) is 5.75 Å². The topological polar surface area (TPSA) is 101 Å². The SMILES string of the molecule is CCOc1ccc(-n2c(C)cc(C(=O)COC(=O)/C(=C/c3ccccc3)n3nnnc3C)c2C)cc1. The summed E-state index contributed by atoms with van der Waals surface area (Å²) in [6.45, 7) is 7.57. The van der Waals surface area contributed by atoms with Crippen molar-refractivity contribution in [1.29, 1.82) is 0 Å². The number of benzene rings is 2. The summed E-state index contributed by atoms with van der Waals surface area (Å²) >= 11 is 0. The highest BCUT2D eigenvalue weighted by Crippen LogP contribution is 2.23. The molecule has 0 bridgehead atoms. The molecule has 0 unspecified atom stereocenters. The predicted octanol–water partition coefficient (Wildman–Crippen LogP) is 4.21. The standard InChI is InChI=1S/C27H27N5O4/c1-5-35-23-13-11-22(12-14-23)31-18(2)15-24(19(31)3)26(33)17-36-27(34)25(32-20(4)28-29-30-32)16-21-9-7-6-8-10-21/h6-16H,5,17H2,1-4H3/b25-16-. The van der Waals surface area contributed by atoms with Crippen molar-refractivity contribution in [2.45, 2.75) is 27.7 Å². The Morgan fingerprint density at radius 2 is 1.72 bits per heavy atom. The van der Waals surface area contributed by atoms with Crippen LogP contribution >= 0.6 is 0 Å². The molecule has 0 spiro atoms. The first-order valence-corrected chi connectivity index (χ1v) is 11.5. The number of carbonyl (C=O) groups excluding carboxylic acids is 2. The maximum absolute atomic E-state index is 13.1. The van der Waals surface area contributed by atoms with Crippen LogP contribution in [0.1, 0.15) is 40.1 Å². The molecule has 0 saturated carbocycles. The Kier molecular flexibility index (Phi) is 7.39. The fourth-order valence-electron chi connectivity index (χ4n) is 3.95. The quantitative estimate of drug-likeness (QED) is 0.199. The zero-order chi connectivity index (χ0) is 25.7. The maximum atomic E-state index is 13.1. The van der Waals surface area contributed by atoms with Crippen molar-refractivity contribution >= 4 is 23.5 Å². The van der Waals surface area contributed by atoms with Gasteiger partial charge in [-0.05, 0) is 80.1 Å². The third kappa shape index (κ3) is 5.25. The fraction of sp³-hybridized carbons (Fsp3) is 0.222. The lowest BCUT2D eigenvalue weighted by atomic mass is 10.1. The molecule has 0 aliphatic rings. The van der Waals surface area contributed by atoms with Crippen molar-refractivity contribution in [3.8, 4) is 11.4 Å². The Balaban J connectivity index is 1.53. The van der Waals surface area contributed by atoms with Crippen molar-refractivity contribution in [2.75, 3.05) is 13.2 Å². The zero-order valence-electron chi connectivity index (χ0n) is 20.6. The summed E-state index contributed by atoms with van der Waals surface area (Å²) in [7, 11) is 0. The number of esters is 1. The van der Waals surface area contributed by atoms with Crippen LogP contribution in [0.5, 0.6) is 5.75 Å². The number of ketones is 1. The Morgan fingerprint density at radius 3 is 2.36 bits per heavy atom. The number of nitrogens with zero attached hydrogens (tertiary/aromatic N) is 5. The molecule has 0 amide bonds. The molecule has 4 aromatic rings. The molecule has 184 valence electrons. The lowest BCUT2D eigenvalue weighted by Gasteiger charge is -2.11. The highest BCUT2D eigenvalue weighted by Gasteiger charge is 2.22. The number of aromatic nitrogens is 5. The minimum absolute atomic E-state index is 0.108. The van der Waals surface area contributed by atoms with Gasteiger partial charge in [-0.2, -0.15) is 4.68 Å². The van der Waals surface area contributed by atoms with Gasteiger partial charge in [0.15, 0.2) is 18.1 Å². The molecular weight excluding hydrogens is 458 g/mol. The van der Waals surface area contributed by atoms with E-state index in [-0.39, 0.29) is 11.5 Å². The Hall–Kier alpha value is -4.53. The summed E-state index contributed by atoms with van der Waals surface area (Å²) < 4.78 is 14.2. The van der Waals surface area contributed by atoms with E-state index in [2.05, 4.69) is 15.5 Å². The number of ether oxygens (including phenoxy) is 2. The molecule has 0 atom stereocenters.